The number of carbonyl (C=O) groups is 1. The molecule has 2 aromatic heterocycles. The summed E-state index contributed by atoms with van der Waals surface area (Å²) >= 11 is 0. The summed E-state index contributed by atoms with van der Waals surface area (Å²) in [5.41, 5.74) is 4.46. The van der Waals surface area contributed by atoms with Gasteiger partial charge in [-0.05, 0) is 79.8 Å². The Hall–Kier alpha value is -4.35. The van der Waals surface area contributed by atoms with Crippen molar-refractivity contribution in [2.75, 3.05) is 13.2 Å². The van der Waals surface area contributed by atoms with Crippen LogP contribution >= 0.6 is 0 Å². The van der Waals surface area contributed by atoms with Crippen molar-refractivity contribution in [3.05, 3.63) is 106 Å². The van der Waals surface area contributed by atoms with Crippen LogP contribution in [0, 0.1) is 36.8 Å². The quantitative estimate of drug-likeness (QED) is 0.325. The summed E-state index contributed by atoms with van der Waals surface area (Å²) in [5.74, 6) is -1.05. The maximum atomic E-state index is 13.9. The Morgan fingerprint density at radius 3 is 2.23 bits per heavy atom. The molecule has 0 aliphatic carbocycles. The molecule has 0 unspecified atom stereocenters. The Morgan fingerprint density at radius 2 is 1.67 bits per heavy atom. The van der Waals surface area contributed by atoms with Crippen LogP contribution in [-0.4, -0.2) is 34.7 Å². The van der Waals surface area contributed by atoms with E-state index >= 15 is 0 Å². The normalized spacial score (nSPS) is 14.3. The van der Waals surface area contributed by atoms with Crippen LogP contribution in [0.4, 0.5) is 8.78 Å². The van der Waals surface area contributed by atoms with Gasteiger partial charge in [0.05, 0.1) is 17.3 Å². The lowest BCUT2D eigenvalue weighted by Crippen LogP contribution is -2.38. The third-order valence-corrected chi connectivity index (χ3v) is 7.02. The number of nitrogens with one attached hydrogen (secondary N) is 1. The lowest BCUT2D eigenvalue weighted by Gasteiger charge is -2.23. The number of nitrogens with zero attached hydrogens (tertiary/aromatic N) is 3. The summed E-state index contributed by atoms with van der Waals surface area (Å²) in [4.78, 5) is 17.7. The van der Waals surface area contributed by atoms with Gasteiger partial charge >= 0.3 is 0 Å². The van der Waals surface area contributed by atoms with Gasteiger partial charge in [0.2, 0.25) is 5.91 Å². The molecule has 8 heteroatoms. The lowest BCUT2D eigenvalue weighted by atomic mass is 9.97. The van der Waals surface area contributed by atoms with Crippen LogP contribution in [0.15, 0.2) is 60.7 Å². The first-order valence-electron chi connectivity index (χ1n) is 12.8. The largest absolute Gasteiger partial charge is 0.381 e. The first-order chi connectivity index (χ1) is 18.9. The number of halogens is 2. The van der Waals surface area contributed by atoms with E-state index in [-0.39, 0.29) is 23.6 Å². The number of aromatic nitrogens is 2. The van der Waals surface area contributed by atoms with Gasteiger partial charge in [0.25, 0.3) is 0 Å². The molecule has 39 heavy (non-hydrogen) atoms. The van der Waals surface area contributed by atoms with Crippen LogP contribution in [0.2, 0.25) is 0 Å². The van der Waals surface area contributed by atoms with E-state index in [0.29, 0.717) is 46.6 Å². The van der Waals surface area contributed by atoms with Crippen molar-refractivity contribution in [1.29, 1.82) is 5.26 Å². The van der Waals surface area contributed by atoms with Crippen molar-refractivity contribution in [3.8, 4) is 6.07 Å². The van der Waals surface area contributed by atoms with E-state index < -0.39 is 6.04 Å². The minimum Gasteiger partial charge on any atom is -0.381 e. The fraction of sp³-hybridized carbons (Fsp3) is 0.258. The molecule has 4 aromatic rings. The second-order valence-corrected chi connectivity index (χ2v) is 9.76. The zero-order valence-electron chi connectivity index (χ0n) is 21.7. The molecule has 0 saturated carbocycles. The molecular formula is C31H28F2N4O2. The maximum Gasteiger partial charge on any atom is 0.244 e. The third-order valence-electron chi connectivity index (χ3n) is 7.02. The number of benzene rings is 2. The van der Waals surface area contributed by atoms with Crippen molar-refractivity contribution < 1.29 is 18.3 Å². The van der Waals surface area contributed by atoms with Gasteiger partial charge in [-0.3, -0.25) is 4.79 Å². The Morgan fingerprint density at radius 1 is 1.08 bits per heavy atom. The highest BCUT2D eigenvalue weighted by molar-refractivity contribution is 5.96. The van der Waals surface area contributed by atoms with Crippen LogP contribution < -0.4 is 5.32 Å². The number of aryl methyl sites for hydroxylation is 2. The number of ether oxygens (including phenoxy) is 1. The number of hydrogen-bond donors (Lipinski definition) is 1. The highest BCUT2D eigenvalue weighted by Gasteiger charge is 2.27. The molecule has 6 nitrogen and oxygen atoms in total. The van der Waals surface area contributed by atoms with Crippen LogP contribution in [0.5, 0.6) is 0 Å². The Balaban J connectivity index is 1.72. The Labute approximate surface area is 225 Å². The number of fused-ring (bicyclic) bond motifs is 1. The Bertz CT molecular complexity index is 1530. The minimum atomic E-state index is -0.581. The number of pyridine rings is 1. The molecule has 0 radical (unpaired) electrons. The van der Waals surface area contributed by atoms with Crippen LogP contribution in [-0.2, 0) is 9.53 Å². The lowest BCUT2D eigenvalue weighted by molar-refractivity contribution is -0.117. The molecule has 1 amide bonds. The first-order valence-corrected chi connectivity index (χ1v) is 12.8. The standard InChI is InChI=1S/C31H28F2N4O2/c1-19-17-20(2)35-31-29(19)26(18-34)27(11-12-28(38)36-25-13-15-39-16-14-25)37(31)30(21-3-7-23(32)8-4-21)22-5-9-24(33)10-6-22/h3-12,17,25,30H,13-16H2,1-2H3,(H,36,38). The topological polar surface area (TPSA) is 79.9 Å². The highest BCUT2D eigenvalue weighted by Crippen LogP contribution is 2.37. The van der Waals surface area contributed by atoms with Crippen LogP contribution in [0.1, 0.15) is 52.5 Å². The zero-order valence-corrected chi connectivity index (χ0v) is 21.7. The summed E-state index contributed by atoms with van der Waals surface area (Å²) in [6.07, 6.45) is 4.53. The molecule has 1 aliphatic heterocycles. The van der Waals surface area contributed by atoms with E-state index in [1.165, 1.54) is 30.3 Å². The van der Waals surface area contributed by atoms with Gasteiger partial charge in [-0.25, -0.2) is 13.8 Å². The predicted octanol–water partition coefficient (Wildman–Crippen LogP) is 5.75. The number of amides is 1. The van der Waals surface area contributed by atoms with Crippen molar-refractivity contribution in [1.82, 2.24) is 14.9 Å². The first kappa shape index (κ1) is 26.3. The second-order valence-electron chi connectivity index (χ2n) is 9.76. The summed E-state index contributed by atoms with van der Waals surface area (Å²) in [7, 11) is 0. The van der Waals surface area contributed by atoms with Gasteiger partial charge in [0.15, 0.2) is 0 Å². The van der Waals surface area contributed by atoms with E-state index in [0.717, 1.165) is 24.1 Å². The third kappa shape index (κ3) is 5.45. The predicted molar refractivity (Wildman–Crippen MR) is 145 cm³/mol. The van der Waals surface area contributed by atoms with Gasteiger partial charge in [-0.15, -0.1) is 0 Å². The van der Waals surface area contributed by atoms with E-state index in [9.17, 15) is 18.8 Å². The van der Waals surface area contributed by atoms with Crippen LogP contribution in [0.3, 0.4) is 0 Å². The molecule has 0 spiro atoms. The average Bonchev–Trinajstić information content (AvgIpc) is 3.23. The molecule has 198 valence electrons. The van der Waals surface area contributed by atoms with Gasteiger partial charge < -0.3 is 14.6 Å². The number of carbonyl (C=O) groups excluding carboxylic acids is 1. The van der Waals surface area contributed by atoms with Crippen molar-refractivity contribution in [2.45, 2.75) is 38.8 Å². The SMILES string of the molecule is Cc1cc(C)c2c(C#N)c(C=CC(=O)NC3CCOCC3)n(C(c3ccc(F)cc3)c3ccc(F)cc3)c2n1. The van der Waals surface area contributed by atoms with E-state index in [4.69, 9.17) is 9.72 Å². The number of nitriles is 1. The van der Waals surface area contributed by atoms with Crippen molar-refractivity contribution >= 4 is 23.0 Å². The smallest absolute Gasteiger partial charge is 0.244 e. The molecular weight excluding hydrogens is 498 g/mol. The van der Waals surface area contributed by atoms with Crippen molar-refractivity contribution in [2.24, 2.45) is 0 Å². The molecule has 0 atom stereocenters. The second kappa shape index (κ2) is 11.2. The van der Waals surface area contributed by atoms with Crippen molar-refractivity contribution in [3.63, 3.8) is 0 Å². The fourth-order valence-electron chi connectivity index (χ4n) is 5.23. The van der Waals surface area contributed by atoms with Gasteiger partial charge in [0, 0.05) is 36.4 Å². The number of hydrogen-bond acceptors (Lipinski definition) is 4. The van der Waals surface area contributed by atoms with E-state index in [2.05, 4.69) is 11.4 Å². The summed E-state index contributed by atoms with van der Waals surface area (Å²) in [6.45, 7) is 4.99. The summed E-state index contributed by atoms with van der Waals surface area (Å²) in [5, 5.41) is 14.0. The molecule has 1 N–H and O–H groups in total. The van der Waals surface area contributed by atoms with E-state index in [1.54, 1.807) is 30.3 Å². The molecule has 0 bridgehead atoms. The van der Waals surface area contributed by atoms with Gasteiger partial charge in [0.1, 0.15) is 23.4 Å². The van der Waals surface area contributed by atoms with Gasteiger partial charge in [-0.2, -0.15) is 5.26 Å². The van der Waals surface area contributed by atoms with E-state index in [1.807, 2.05) is 24.5 Å². The molecule has 2 aromatic carbocycles. The summed E-state index contributed by atoms with van der Waals surface area (Å²) in [6, 6.07) is 15.8. The number of rotatable bonds is 6. The maximum absolute atomic E-state index is 13.9. The monoisotopic (exact) mass is 526 g/mol. The zero-order chi connectivity index (χ0) is 27.5. The molecule has 1 aliphatic rings. The average molecular weight is 527 g/mol. The molecule has 5 rings (SSSR count). The molecule has 1 fully saturated rings. The Kier molecular flexibility index (Phi) is 7.53. The van der Waals surface area contributed by atoms with Gasteiger partial charge in [-0.1, -0.05) is 24.3 Å². The summed E-state index contributed by atoms with van der Waals surface area (Å²) < 4.78 is 35.1. The highest BCUT2D eigenvalue weighted by atomic mass is 19.1. The molecule has 1 saturated heterocycles. The minimum absolute atomic E-state index is 0.0231. The van der Waals surface area contributed by atoms with Crippen LogP contribution in [0.25, 0.3) is 17.1 Å². The fourth-order valence-corrected chi connectivity index (χ4v) is 5.23. The molecule has 3 heterocycles.